The summed E-state index contributed by atoms with van der Waals surface area (Å²) in [5, 5.41) is 12.2. The van der Waals surface area contributed by atoms with E-state index in [1.165, 1.54) is 11.8 Å². The number of hydrogen-bond donors (Lipinski definition) is 1. The van der Waals surface area contributed by atoms with E-state index in [-0.39, 0.29) is 11.7 Å². The van der Waals surface area contributed by atoms with Crippen molar-refractivity contribution >= 4 is 23.4 Å². The van der Waals surface area contributed by atoms with Crippen molar-refractivity contribution in [1.29, 1.82) is 0 Å². The maximum absolute atomic E-state index is 12.4. The van der Waals surface area contributed by atoms with E-state index < -0.39 is 0 Å². The van der Waals surface area contributed by atoms with Crippen molar-refractivity contribution in [2.24, 2.45) is 0 Å². The van der Waals surface area contributed by atoms with Gasteiger partial charge in [0.1, 0.15) is 0 Å². The molecule has 0 aliphatic carbocycles. The van der Waals surface area contributed by atoms with E-state index in [1.54, 1.807) is 21.3 Å². The van der Waals surface area contributed by atoms with Crippen LogP contribution in [0.3, 0.4) is 0 Å². The van der Waals surface area contributed by atoms with Gasteiger partial charge in [0.2, 0.25) is 11.7 Å². The van der Waals surface area contributed by atoms with Crippen molar-refractivity contribution < 1.29 is 19.0 Å². The highest BCUT2D eigenvalue weighted by atomic mass is 32.2. The lowest BCUT2D eigenvalue weighted by Gasteiger charge is -2.14. The Hall–Kier alpha value is -3.20. The average molecular weight is 443 g/mol. The lowest BCUT2D eigenvalue weighted by atomic mass is 10.1. The molecule has 0 saturated carbocycles. The van der Waals surface area contributed by atoms with Gasteiger partial charge in [0.25, 0.3) is 0 Å². The zero-order valence-corrected chi connectivity index (χ0v) is 19.1. The molecule has 0 saturated heterocycles. The van der Waals surface area contributed by atoms with Crippen molar-refractivity contribution in [1.82, 2.24) is 14.8 Å². The molecule has 2 aromatic carbocycles. The Morgan fingerprint density at radius 2 is 1.77 bits per heavy atom. The number of methoxy groups -OCH3 is 3. The van der Waals surface area contributed by atoms with Crippen molar-refractivity contribution in [3.05, 3.63) is 42.0 Å². The summed E-state index contributed by atoms with van der Waals surface area (Å²) in [4.78, 5) is 12.4. The number of aryl methyl sites for hydroxylation is 1. The summed E-state index contributed by atoms with van der Waals surface area (Å²) in [5.41, 5.74) is 2.65. The molecule has 0 aliphatic heterocycles. The first-order chi connectivity index (χ1) is 15.0. The van der Waals surface area contributed by atoms with Gasteiger partial charge in [-0.3, -0.25) is 4.79 Å². The Balaban J connectivity index is 1.80. The molecule has 0 unspecified atom stereocenters. The van der Waals surface area contributed by atoms with Crippen LogP contribution in [0.4, 0.5) is 5.69 Å². The largest absolute Gasteiger partial charge is 0.493 e. The van der Waals surface area contributed by atoms with Crippen LogP contribution in [0.2, 0.25) is 0 Å². The molecular formula is C22H26N4O4S. The minimum atomic E-state index is -0.101. The van der Waals surface area contributed by atoms with Gasteiger partial charge in [0.05, 0.1) is 27.1 Å². The lowest BCUT2D eigenvalue weighted by molar-refractivity contribution is -0.113. The number of amides is 1. The second-order valence-electron chi connectivity index (χ2n) is 6.67. The number of nitrogens with one attached hydrogen (secondary N) is 1. The molecule has 8 nitrogen and oxygen atoms in total. The SMILES string of the molecule is CCn1c(SCC(=O)Nc2cccc(C)c2)nnc1-c1cc(OC)c(OC)c(OC)c1. The molecule has 0 bridgehead atoms. The standard InChI is InChI=1S/C22H26N4O4S/c1-6-26-21(15-11-17(28-3)20(30-5)18(12-15)29-4)24-25-22(26)31-13-19(27)23-16-9-7-8-14(2)10-16/h7-12H,6,13H2,1-5H3,(H,23,27). The second-order valence-corrected chi connectivity index (χ2v) is 7.61. The van der Waals surface area contributed by atoms with Crippen LogP contribution in [-0.2, 0) is 11.3 Å². The number of carbonyl (C=O) groups excluding carboxylic acids is 1. The van der Waals surface area contributed by atoms with E-state index in [9.17, 15) is 4.79 Å². The van der Waals surface area contributed by atoms with Crippen LogP contribution in [0.5, 0.6) is 17.2 Å². The smallest absolute Gasteiger partial charge is 0.234 e. The number of carbonyl (C=O) groups is 1. The first-order valence-corrected chi connectivity index (χ1v) is 10.7. The number of anilines is 1. The molecular weight excluding hydrogens is 416 g/mol. The predicted octanol–water partition coefficient (Wildman–Crippen LogP) is 4.03. The molecule has 3 aromatic rings. The van der Waals surface area contributed by atoms with E-state index in [1.807, 2.05) is 54.8 Å². The molecule has 1 heterocycles. The topological polar surface area (TPSA) is 87.5 Å². The Labute approximate surface area is 185 Å². The molecule has 164 valence electrons. The van der Waals surface area contributed by atoms with E-state index in [0.717, 1.165) is 16.8 Å². The number of ether oxygens (including phenoxy) is 3. The Bertz CT molecular complexity index is 1040. The number of thioether (sulfide) groups is 1. The highest BCUT2D eigenvalue weighted by Crippen LogP contribution is 2.41. The fourth-order valence-electron chi connectivity index (χ4n) is 3.15. The van der Waals surface area contributed by atoms with E-state index in [2.05, 4.69) is 15.5 Å². The highest BCUT2D eigenvalue weighted by Gasteiger charge is 2.19. The minimum absolute atomic E-state index is 0.101. The van der Waals surface area contributed by atoms with Gasteiger partial charge in [0.15, 0.2) is 22.5 Å². The van der Waals surface area contributed by atoms with Crippen LogP contribution >= 0.6 is 11.8 Å². The minimum Gasteiger partial charge on any atom is -0.493 e. The number of aromatic nitrogens is 3. The van der Waals surface area contributed by atoms with E-state index >= 15 is 0 Å². The first kappa shape index (κ1) is 22.5. The van der Waals surface area contributed by atoms with Crippen LogP contribution < -0.4 is 19.5 Å². The highest BCUT2D eigenvalue weighted by molar-refractivity contribution is 7.99. The molecule has 0 aliphatic rings. The molecule has 1 aromatic heterocycles. The predicted molar refractivity (Wildman–Crippen MR) is 121 cm³/mol. The molecule has 31 heavy (non-hydrogen) atoms. The van der Waals surface area contributed by atoms with Gasteiger partial charge in [-0.05, 0) is 43.7 Å². The van der Waals surface area contributed by atoms with Crippen molar-refractivity contribution in [3.8, 4) is 28.6 Å². The quantitative estimate of drug-likeness (QED) is 0.501. The van der Waals surface area contributed by atoms with Gasteiger partial charge in [0, 0.05) is 17.8 Å². The number of benzene rings is 2. The van der Waals surface area contributed by atoms with Crippen LogP contribution in [0.15, 0.2) is 41.6 Å². The van der Waals surface area contributed by atoms with Crippen molar-refractivity contribution in [3.63, 3.8) is 0 Å². The molecule has 1 N–H and O–H groups in total. The summed E-state index contributed by atoms with van der Waals surface area (Å²) < 4.78 is 18.2. The zero-order chi connectivity index (χ0) is 22.4. The summed E-state index contributed by atoms with van der Waals surface area (Å²) >= 11 is 1.34. The third kappa shape index (κ3) is 5.11. The van der Waals surface area contributed by atoms with E-state index in [4.69, 9.17) is 14.2 Å². The van der Waals surface area contributed by atoms with Crippen molar-refractivity contribution in [2.45, 2.75) is 25.5 Å². The molecule has 3 rings (SSSR count). The number of hydrogen-bond acceptors (Lipinski definition) is 7. The van der Waals surface area contributed by atoms with Crippen LogP contribution in [0.1, 0.15) is 12.5 Å². The first-order valence-electron chi connectivity index (χ1n) is 9.73. The average Bonchev–Trinajstić information content (AvgIpc) is 3.19. The number of nitrogens with zero attached hydrogens (tertiary/aromatic N) is 3. The molecule has 0 fully saturated rings. The third-order valence-corrected chi connectivity index (χ3v) is 5.56. The molecule has 0 spiro atoms. The molecule has 9 heteroatoms. The second kappa shape index (κ2) is 10.2. The van der Waals surface area contributed by atoms with Crippen LogP contribution in [0.25, 0.3) is 11.4 Å². The van der Waals surface area contributed by atoms with Crippen molar-refractivity contribution in [2.75, 3.05) is 32.4 Å². The van der Waals surface area contributed by atoms with Gasteiger partial charge in [-0.25, -0.2) is 0 Å². The lowest BCUT2D eigenvalue weighted by Crippen LogP contribution is -2.14. The summed E-state index contributed by atoms with van der Waals surface area (Å²) in [6, 6.07) is 11.4. The van der Waals surface area contributed by atoms with Gasteiger partial charge in [-0.2, -0.15) is 0 Å². The van der Waals surface area contributed by atoms with Gasteiger partial charge in [-0.1, -0.05) is 23.9 Å². The maximum Gasteiger partial charge on any atom is 0.234 e. The summed E-state index contributed by atoms with van der Waals surface area (Å²) in [5.74, 6) is 2.36. The van der Waals surface area contributed by atoms with Crippen LogP contribution in [0, 0.1) is 6.92 Å². The fraction of sp³-hybridized carbons (Fsp3) is 0.318. The Morgan fingerprint density at radius 3 is 2.35 bits per heavy atom. The fourth-order valence-corrected chi connectivity index (χ4v) is 3.96. The third-order valence-electron chi connectivity index (χ3n) is 4.59. The summed E-state index contributed by atoms with van der Waals surface area (Å²) in [6.07, 6.45) is 0. The van der Waals surface area contributed by atoms with Gasteiger partial charge in [-0.15, -0.1) is 10.2 Å². The molecule has 0 atom stereocenters. The summed E-state index contributed by atoms with van der Waals surface area (Å²) in [7, 11) is 4.70. The zero-order valence-electron chi connectivity index (χ0n) is 18.3. The Morgan fingerprint density at radius 1 is 1.06 bits per heavy atom. The molecule has 0 radical (unpaired) electrons. The monoisotopic (exact) mass is 442 g/mol. The van der Waals surface area contributed by atoms with Gasteiger partial charge < -0.3 is 24.1 Å². The normalized spacial score (nSPS) is 10.6. The summed E-state index contributed by atoms with van der Waals surface area (Å²) in [6.45, 7) is 4.63. The number of rotatable bonds is 9. The van der Waals surface area contributed by atoms with Gasteiger partial charge >= 0.3 is 0 Å². The van der Waals surface area contributed by atoms with E-state index in [0.29, 0.717) is 34.8 Å². The molecule has 1 amide bonds. The van der Waals surface area contributed by atoms with Crippen LogP contribution in [-0.4, -0.2) is 47.8 Å². The Kier molecular flexibility index (Phi) is 7.41. The maximum atomic E-state index is 12.4.